The van der Waals surface area contributed by atoms with Crippen LogP contribution in [0.1, 0.15) is 11.1 Å². The lowest BCUT2D eigenvalue weighted by atomic mass is 10.2. The molecule has 0 unspecified atom stereocenters. The lowest BCUT2D eigenvalue weighted by molar-refractivity contribution is 0.284. The molecule has 0 atom stereocenters. The van der Waals surface area contributed by atoms with Gasteiger partial charge in [-0.3, -0.25) is 0 Å². The predicted octanol–water partition coefficient (Wildman–Crippen LogP) is 7.97. The molecule has 6 heteroatoms. The smallest absolute Gasteiger partial charge is 0.162 e. The molecule has 4 aromatic rings. The summed E-state index contributed by atoms with van der Waals surface area (Å²) in [7, 11) is 1.64. The van der Waals surface area contributed by atoms with Gasteiger partial charge in [-0.05, 0) is 70.0 Å². The van der Waals surface area contributed by atoms with Gasteiger partial charge < -0.3 is 9.47 Å². The van der Waals surface area contributed by atoms with Gasteiger partial charge in [0.15, 0.2) is 11.5 Å². The number of para-hydroxylation sites is 2. The lowest BCUT2D eigenvalue weighted by Crippen LogP contribution is -2.09. The van der Waals surface area contributed by atoms with Gasteiger partial charge in [0.1, 0.15) is 6.61 Å². The van der Waals surface area contributed by atoms with Gasteiger partial charge in [-0.2, -0.15) is 5.10 Å². The molecule has 0 aliphatic carbocycles. The normalized spacial score (nSPS) is 10.9. The first-order valence-electron chi connectivity index (χ1n) is 10.3. The van der Waals surface area contributed by atoms with Crippen molar-refractivity contribution in [2.45, 2.75) is 6.61 Å². The second kappa shape index (κ2) is 11.2. The molecule has 0 fully saturated rings. The minimum atomic E-state index is 0.444. The molecular formula is C27H22Br2N2O2. The van der Waals surface area contributed by atoms with Gasteiger partial charge in [-0.25, -0.2) is 5.01 Å². The van der Waals surface area contributed by atoms with Gasteiger partial charge in [-0.15, -0.1) is 0 Å². The Hall–Kier alpha value is -3.09. The number of nitrogens with zero attached hydrogens (tertiary/aromatic N) is 2. The molecule has 4 nitrogen and oxygen atoms in total. The number of rotatable bonds is 8. The monoisotopic (exact) mass is 564 g/mol. The van der Waals surface area contributed by atoms with Crippen molar-refractivity contribution < 1.29 is 9.47 Å². The van der Waals surface area contributed by atoms with E-state index in [9.17, 15) is 0 Å². The Morgan fingerprint density at radius 3 is 1.97 bits per heavy atom. The molecule has 4 aromatic carbocycles. The predicted molar refractivity (Wildman–Crippen MR) is 142 cm³/mol. The van der Waals surface area contributed by atoms with Crippen LogP contribution < -0.4 is 14.5 Å². The van der Waals surface area contributed by atoms with Crippen LogP contribution in [0, 0.1) is 0 Å². The summed E-state index contributed by atoms with van der Waals surface area (Å²) in [6, 6.07) is 31.9. The zero-order valence-corrected chi connectivity index (χ0v) is 21.2. The van der Waals surface area contributed by atoms with E-state index in [1.165, 1.54) is 0 Å². The summed E-state index contributed by atoms with van der Waals surface area (Å²) in [6.45, 7) is 0.444. The number of halogens is 2. The fourth-order valence-electron chi connectivity index (χ4n) is 3.20. The third-order valence-electron chi connectivity index (χ3n) is 4.90. The average Bonchev–Trinajstić information content (AvgIpc) is 2.86. The SMILES string of the molecule is COc1cc(/C=N\N(c2ccccc2)c2ccccc2)c(Br)cc1OCc1ccc(Br)cc1. The summed E-state index contributed by atoms with van der Waals surface area (Å²) < 4.78 is 13.5. The van der Waals surface area contributed by atoms with E-state index in [4.69, 9.17) is 14.6 Å². The third-order valence-corrected chi connectivity index (χ3v) is 6.12. The fraction of sp³-hybridized carbons (Fsp3) is 0.0741. The van der Waals surface area contributed by atoms with Crippen molar-refractivity contribution in [3.8, 4) is 11.5 Å². The Labute approximate surface area is 210 Å². The summed E-state index contributed by atoms with van der Waals surface area (Å²) in [5.74, 6) is 1.30. The minimum Gasteiger partial charge on any atom is -0.493 e. The van der Waals surface area contributed by atoms with Crippen LogP contribution in [0.3, 0.4) is 0 Å². The maximum atomic E-state index is 6.03. The Kier molecular flexibility index (Phi) is 7.81. The standard InChI is InChI=1S/C27H22Br2N2O2/c1-32-26-16-21(25(29)17-27(26)33-19-20-12-14-22(28)15-13-20)18-30-31(23-8-4-2-5-9-23)24-10-6-3-7-11-24/h2-18H,19H2,1H3/b30-18-. The highest BCUT2D eigenvalue weighted by molar-refractivity contribution is 9.10. The Morgan fingerprint density at radius 1 is 0.788 bits per heavy atom. The van der Waals surface area contributed by atoms with Crippen molar-refractivity contribution in [2.75, 3.05) is 12.1 Å². The molecule has 0 N–H and O–H groups in total. The zero-order chi connectivity index (χ0) is 23.0. The molecule has 0 saturated carbocycles. The van der Waals surface area contributed by atoms with E-state index in [2.05, 4.69) is 31.9 Å². The zero-order valence-electron chi connectivity index (χ0n) is 18.0. The largest absolute Gasteiger partial charge is 0.493 e. The molecular weight excluding hydrogens is 544 g/mol. The van der Waals surface area contributed by atoms with Gasteiger partial charge in [0.25, 0.3) is 0 Å². The fourth-order valence-corrected chi connectivity index (χ4v) is 3.89. The highest BCUT2D eigenvalue weighted by Crippen LogP contribution is 2.34. The molecule has 0 bridgehead atoms. The van der Waals surface area contributed by atoms with E-state index >= 15 is 0 Å². The van der Waals surface area contributed by atoms with Crippen LogP contribution >= 0.6 is 31.9 Å². The molecule has 0 radical (unpaired) electrons. The van der Waals surface area contributed by atoms with Crippen LogP contribution in [0.4, 0.5) is 11.4 Å². The van der Waals surface area contributed by atoms with Crippen molar-refractivity contribution >= 4 is 49.4 Å². The van der Waals surface area contributed by atoms with Crippen molar-refractivity contribution in [2.24, 2.45) is 5.10 Å². The molecule has 166 valence electrons. The number of ether oxygens (including phenoxy) is 2. The summed E-state index contributed by atoms with van der Waals surface area (Å²) >= 11 is 7.11. The number of anilines is 2. The second-order valence-corrected chi connectivity index (χ2v) is 8.94. The van der Waals surface area contributed by atoms with Crippen molar-refractivity contribution in [3.05, 3.63) is 117 Å². The first kappa shape index (κ1) is 23.1. The topological polar surface area (TPSA) is 34.1 Å². The van der Waals surface area contributed by atoms with Gasteiger partial charge in [-0.1, -0.05) is 64.5 Å². The van der Waals surface area contributed by atoms with E-state index in [0.29, 0.717) is 18.1 Å². The first-order valence-corrected chi connectivity index (χ1v) is 11.9. The lowest BCUT2D eigenvalue weighted by Gasteiger charge is -2.19. The number of hydrogen-bond donors (Lipinski definition) is 0. The van der Waals surface area contributed by atoms with Gasteiger partial charge in [0, 0.05) is 14.5 Å². The van der Waals surface area contributed by atoms with Gasteiger partial charge >= 0.3 is 0 Å². The Balaban J connectivity index is 1.59. The molecule has 4 rings (SSSR count). The molecule has 33 heavy (non-hydrogen) atoms. The molecule has 0 spiro atoms. The van der Waals surface area contributed by atoms with E-state index in [0.717, 1.165) is 31.4 Å². The maximum Gasteiger partial charge on any atom is 0.162 e. The number of methoxy groups -OCH3 is 1. The molecule has 0 aliphatic rings. The first-order chi connectivity index (χ1) is 16.1. The van der Waals surface area contributed by atoms with Crippen molar-refractivity contribution in [3.63, 3.8) is 0 Å². The van der Waals surface area contributed by atoms with Crippen molar-refractivity contribution in [1.29, 1.82) is 0 Å². The maximum absolute atomic E-state index is 6.03. The molecule has 0 saturated heterocycles. The Bertz CT molecular complexity index is 1170. The molecule has 0 aliphatic heterocycles. The molecule has 0 amide bonds. The van der Waals surface area contributed by atoms with Crippen LogP contribution in [0.15, 0.2) is 111 Å². The van der Waals surface area contributed by atoms with Crippen LogP contribution in [0.2, 0.25) is 0 Å². The summed E-state index contributed by atoms with van der Waals surface area (Å²) in [5.41, 5.74) is 3.89. The van der Waals surface area contributed by atoms with E-state index in [-0.39, 0.29) is 0 Å². The molecule has 0 heterocycles. The third kappa shape index (κ3) is 6.03. The van der Waals surface area contributed by atoms with E-state index in [1.54, 1.807) is 7.11 Å². The summed E-state index contributed by atoms with van der Waals surface area (Å²) in [6.07, 6.45) is 1.81. The van der Waals surface area contributed by atoms with Crippen molar-refractivity contribution in [1.82, 2.24) is 0 Å². The number of hydrazone groups is 1. The summed E-state index contributed by atoms with van der Waals surface area (Å²) in [4.78, 5) is 0. The highest BCUT2D eigenvalue weighted by Gasteiger charge is 2.12. The van der Waals surface area contributed by atoms with Crippen LogP contribution in [-0.2, 0) is 6.61 Å². The van der Waals surface area contributed by atoms with Crippen LogP contribution in [0.5, 0.6) is 11.5 Å². The molecule has 0 aromatic heterocycles. The number of benzene rings is 4. The summed E-state index contributed by atoms with van der Waals surface area (Å²) in [5, 5.41) is 6.68. The Morgan fingerprint density at radius 2 is 1.39 bits per heavy atom. The van der Waals surface area contributed by atoms with Gasteiger partial charge in [0.05, 0.1) is 24.7 Å². The van der Waals surface area contributed by atoms with E-state index < -0.39 is 0 Å². The van der Waals surface area contributed by atoms with Crippen LogP contribution in [-0.4, -0.2) is 13.3 Å². The number of hydrogen-bond acceptors (Lipinski definition) is 4. The van der Waals surface area contributed by atoms with Gasteiger partial charge in [0.2, 0.25) is 0 Å². The second-order valence-electron chi connectivity index (χ2n) is 7.17. The van der Waals surface area contributed by atoms with E-state index in [1.807, 2.05) is 108 Å². The minimum absolute atomic E-state index is 0.444. The average molecular weight is 566 g/mol. The highest BCUT2D eigenvalue weighted by atomic mass is 79.9. The van der Waals surface area contributed by atoms with Crippen LogP contribution in [0.25, 0.3) is 0 Å². The quantitative estimate of drug-likeness (QED) is 0.160.